The lowest BCUT2D eigenvalue weighted by Crippen LogP contribution is -2.32. The first-order chi connectivity index (χ1) is 14.9. The Bertz CT molecular complexity index is 691. The van der Waals surface area contributed by atoms with Crippen LogP contribution < -0.4 is 5.32 Å². The summed E-state index contributed by atoms with van der Waals surface area (Å²) in [5.74, 6) is 0. The molecule has 0 unspecified atom stereocenters. The van der Waals surface area contributed by atoms with Crippen molar-refractivity contribution in [3.63, 3.8) is 0 Å². The first kappa shape index (κ1) is 24.8. The molecule has 6 nitrogen and oxygen atoms in total. The maximum atomic E-state index is 11.6. The molecule has 1 N–H and O–H groups in total. The number of pyridine rings is 2. The van der Waals surface area contributed by atoms with E-state index in [0.29, 0.717) is 6.54 Å². The fraction of sp³-hybridized carbons (Fsp3) is 0.560. The molecule has 0 bridgehead atoms. The lowest BCUT2D eigenvalue weighted by molar-refractivity contribution is 0.0527. The molecule has 0 fully saturated rings. The van der Waals surface area contributed by atoms with Crippen molar-refractivity contribution in [2.75, 3.05) is 13.1 Å². The molecule has 170 valence electrons. The van der Waals surface area contributed by atoms with Crippen LogP contribution in [0.2, 0.25) is 0 Å². The second-order valence-electron chi connectivity index (χ2n) is 8.90. The highest BCUT2D eigenvalue weighted by atomic mass is 16.6. The van der Waals surface area contributed by atoms with Crippen molar-refractivity contribution in [2.24, 2.45) is 0 Å². The fourth-order valence-electron chi connectivity index (χ4n) is 3.33. The molecular formula is C25H38N4O2. The van der Waals surface area contributed by atoms with Crippen molar-refractivity contribution in [1.82, 2.24) is 20.2 Å². The van der Waals surface area contributed by atoms with Crippen LogP contribution in [0.15, 0.2) is 48.8 Å². The molecule has 6 heteroatoms. The number of ether oxygens (including phenoxy) is 1. The third kappa shape index (κ3) is 12.1. The predicted octanol–water partition coefficient (Wildman–Crippen LogP) is 5.34. The Morgan fingerprint density at radius 3 is 1.94 bits per heavy atom. The smallest absolute Gasteiger partial charge is 0.407 e. The number of hydrogen-bond donors (Lipinski definition) is 1. The van der Waals surface area contributed by atoms with E-state index in [1.807, 2.05) is 57.4 Å². The summed E-state index contributed by atoms with van der Waals surface area (Å²) >= 11 is 0. The molecule has 31 heavy (non-hydrogen) atoms. The van der Waals surface area contributed by atoms with Gasteiger partial charge in [0.05, 0.1) is 11.4 Å². The quantitative estimate of drug-likeness (QED) is 0.438. The maximum Gasteiger partial charge on any atom is 0.407 e. The number of hydrogen-bond acceptors (Lipinski definition) is 5. The number of rotatable bonds is 13. The van der Waals surface area contributed by atoms with Crippen LogP contribution in [0.3, 0.4) is 0 Å². The van der Waals surface area contributed by atoms with Crippen LogP contribution in [0.5, 0.6) is 0 Å². The summed E-state index contributed by atoms with van der Waals surface area (Å²) in [5, 5.41) is 2.82. The molecule has 2 rings (SSSR count). The minimum atomic E-state index is -0.439. The highest BCUT2D eigenvalue weighted by Crippen LogP contribution is 2.11. The van der Waals surface area contributed by atoms with Gasteiger partial charge in [0, 0.05) is 32.0 Å². The Morgan fingerprint density at radius 1 is 0.871 bits per heavy atom. The molecule has 0 atom stereocenters. The minimum Gasteiger partial charge on any atom is -0.444 e. The largest absolute Gasteiger partial charge is 0.444 e. The SMILES string of the molecule is CC(C)(C)OC(=O)NCCCCCCCCN(Cc1ccccn1)Cc1ccccn1. The van der Waals surface area contributed by atoms with Crippen LogP contribution >= 0.6 is 0 Å². The second kappa shape index (κ2) is 13.8. The average molecular weight is 427 g/mol. The lowest BCUT2D eigenvalue weighted by Gasteiger charge is -2.21. The molecule has 2 heterocycles. The maximum absolute atomic E-state index is 11.6. The van der Waals surface area contributed by atoms with E-state index < -0.39 is 5.60 Å². The van der Waals surface area contributed by atoms with Gasteiger partial charge in [-0.1, -0.05) is 37.8 Å². The molecule has 0 aromatic carbocycles. The average Bonchev–Trinajstić information content (AvgIpc) is 2.72. The Labute approximate surface area is 187 Å². The number of unbranched alkanes of at least 4 members (excludes halogenated alkanes) is 5. The van der Waals surface area contributed by atoms with Crippen LogP contribution in [0.25, 0.3) is 0 Å². The fourth-order valence-corrected chi connectivity index (χ4v) is 3.33. The van der Waals surface area contributed by atoms with Gasteiger partial charge in [-0.3, -0.25) is 14.9 Å². The summed E-state index contributed by atoms with van der Waals surface area (Å²) in [6.45, 7) is 9.02. The van der Waals surface area contributed by atoms with Crippen LogP contribution in [0.1, 0.15) is 70.7 Å². The lowest BCUT2D eigenvalue weighted by atomic mass is 10.1. The highest BCUT2D eigenvalue weighted by Gasteiger charge is 2.15. The van der Waals surface area contributed by atoms with Crippen molar-refractivity contribution < 1.29 is 9.53 Å². The normalized spacial score (nSPS) is 11.5. The number of carbonyl (C=O) groups is 1. The second-order valence-corrected chi connectivity index (χ2v) is 8.90. The topological polar surface area (TPSA) is 67.3 Å². The van der Waals surface area contributed by atoms with E-state index >= 15 is 0 Å². The van der Waals surface area contributed by atoms with Crippen molar-refractivity contribution >= 4 is 6.09 Å². The van der Waals surface area contributed by atoms with E-state index in [0.717, 1.165) is 50.3 Å². The van der Waals surface area contributed by atoms with Crippen LogP contribution in [0, 0.1) is 0 Å². The Morgan fingerprint density at radius 2 is 1.42 bits per heavy atom. The number of alkyl carbamates (subject to hydrolysis) is 1. The van der Waals surface area contributed by atoms with E-state index in [9.17, 15) is 4.79 Å². The zero-order valence-electron chi connectivity index (χ0n) is 19.3. The number of carbonyl (C=O) groups excluding carboxylic acids is 1. The van der Waals surface area contributed by atoms with Crippen molar-refractivity contribution in [2.45, 2.75) is 78.0 Å². The van der Waals surface area contributed by atoms with E-state index in [4.69, 9.17) is 4.74 Å². The predicted molar refractivity (Wildman–Crippen MR) is 125 cm³/mol. The molecular weight excluding hydrogens is 388 g/mol. The molecule has 0 radical (unpaired) electrons. The Hall–Kier alpha value is -2.47. The molecule has 0 saturated heterocycles. The number of nitrogens with zero attached hydrogens (tertiary/aromatic N) is 3. The summed E-state index contributed by atoms with van der Waals surface area (Å²) in [4.78, 5) is 23.0. The molecule has 0 saturated carbocycles. The molecule has 0 spiro atoms. The summed E-state index contributed by atoms with van der Waals surface area (Å²) in [6.07, 6.45) is 10.3. The van der Waals surface area contributed by atoms with Crippen LogP contribution in [0.4, 0.5) is 4.79 Å². The number of nitrogens with one attached hydrogen (secondary N) is 1. The molecule has 0 aliphatic carbocycles. The molecule has 1 amide bonds. The van der Waals surface area contributed by atoms with Gasteiger partial charge in [0.15, 0.2) is 0 Å². The van der Waals surface area contributed by atoms with Crippen LogP contribution in [-0.4, -0.2) is 39.7 Å². The number of aromatic nitrogens is 2. The number of amides is 1. The third-order valence-electron chi connectivity index (χ3n) is 4.79. The van der Waals surface area contributed by atoms with Gasteiger partial charge in [0.25, 0.3) is 0 Å². The molecule has 2 aromatic rings. The zero-order valence-corrected chi connectivity index (χ0v) is 19.3. The monoisotopic (exact) mass is 426 g/mol. The first-order valence-corrected chi connectivity index (χ1v) is 11.4. The minimum absolute atomic E-state index is 0.326. The van der Waals surface area contributed by atoms with Gasteiger partial charge in [-0.15, -0.1) is 0 Å². The van der Waals surface area contributed by atoms with E-state index in [1.165, 1.54) is 19.3 Å². The summed E-state index contributed by atoms with van der Waals surface area (Å²) < 4.78 is 5.24. The molecule has 0 aliphatic heterocycles. The van der Waals surface area contributed by atoms with Gasteiger partial charge in [-0.05, 0) is 64.4 Å². The van der Waals surface area contributed by atoms with Gasteiger partial charge >= 0.3 is 6.09 Å². The van der Waals surface area contributed by atoms with Gasteiger partial charge in [0.2, 0.25) is 0 Å². The van der Waals surface area contributed by atoms with E-state index in [1.54, 1.807) is 0 Å². The van der Waals surface area contributed by atoms with Gasteiger partial charge in [-0.25, -0.2) is 4.79 Å². The first-order valence-electron chi connectivity index (χ1n) is 11.4. The zero-order chi connectivity index (χ0) is 22.4. The third-order valence-corrected chi connectivity index (χ3v) is 4.79. The van der Waals surface area contributed by atoms with E-state index in [-0.39, 0.29) is 6.09 Å². The van der Waals surface area contributed by atoms with Crippen molar-refractivity contribution in [3.05, 3.63) is 60.2 Å². The Balaban J connectivity index is 1.60. The van der Waals surface area contributed by atoms with E-state index in [2.05, 4.69) is 32.3 Å². The summed E-state index contributed by atoms with van der Waals surface area (Å²) in [6, 6.07) is 12.1. The Kier molecular flexibility index (Phi) is 11.0. The summed E-state index contributed by atoms with van der Waals surface area (Å²) in [5.41, 5.74) is 1.75. The van der Waals surface area contributed by atoms with Crippen LogP contribution in [-0.2, 0) is 17.8 Å². The molecule has 0 aliphatic rings. The van der Waals surface area contributed by atoms with Gasteiger partial charge in [0.1, 0.15) is 5.60 Å². The highest BCUT2D eigenvalue weighted by molar-refractivity contribution is 5.67. The summed E-state index contributed by atoms with van der Waals surface area (Å²) in [7, 11) is 0. The standard InChI is InChI=1S/C25H38N4O2/c1-25(2,3)31-24(30)28-18-10-6-4-5-7-13-19-29(20-22-14-8-11-16-26-22)21-23-15-9-12-17-27-23/h8-9,11-12,14-17H,4-7,10,13,18-21H2,1-3H3,(H,28,30). The molecule has 2 aromatic heterocycles. The van der Waals surface area contributed by atoms with Crippen molar-refractivity contribution in [3.8, 4) is 0 Å². The van der Waals surface area contributed by atoms with Gasteiger partial charge < -0.3 is 10.1 Å². The van der Waals surface area contributed by atoms with Crippen molar-refractivity contribution in [1.29, 1.82) is 0 Å². The van der Waals surface area contributed by atoms with Gasteiger partial charge in [-0.2, -0.15) is 0 Å².